The van der Waals surface area contributed by atoms with Crippen molar-refractivity contribution in [3.05, 3.63) is 0 Å². The van der Waals surface area contributed by atoms with E-state index in [9.17, 15) is 19.8 Å². The lowest BCUT2D eigenvalue weighted by atomic mass is 9.46. The van der Waals surface area contributed by atoms with Crippen LogP contribution < -0.4 is 0 Å². The van der Waals surface area contributed by atoms with Crippen LogP contribution in [0.2, 0.25) is 0 Å². The van der Waals surface area contributed by atoms with E-state index in [1.165, 1.54) is 45.4 Å². The van der Waals surface area contributed by atoms with E-state index in [4.69, 9.17) is 18.9 Å². The molecule has 5 aliphatic carbocycles. The number of carbonyl (C=O) groups excluding carboxylic acids is 1. The second-order valence-electron chi connectivity index (χ2n) is 18.7. The third-order valence-corrected chi connectivity index (χ3v) is 15.5. The summed E-state index contributed by atoms with van der Waals surface area (Å²) in [5.74, 6) is 1.33. The minimum absolute atomic E-state index is 0.0181. The number of hydrogen-bond acceptors (Lipinski definition) is 10. The van der Waals surface area contributed by atoms with Crippen LogP contribution >= 0.6 is 23.3 Å². The Balaban J connectivity index is 0.00000205. The molecule has 0 aromatic heterocycles. The number of carboxylic acid groups (broad SMARTS) is 1. The third kappa shape index (κ3) is 6.03. The van der Waals surface area contributed by atoms with E-state index in [0.29, 0.717) is 48.3 Å². The van der Waals surface area contributed by atoms with Gasteiger partial charge in [-0.25, -0.2) is 0 Å². The maximum absolute atomic E-state index is 12.0. The van der Waals surface area contributed by atoms with Gasteiger partial charge in [0.15, 0.2) is 12.4 Å². The van der Waals surface area contributed by atoms with E-state index in [-0.39, 0.29) is 35.1 Å². The van der Waals surface area contributed by atoms with Crippen molar-refractivity contribution in [1.82, 2.24) is 4.90 Å². The predicted octanol–water partition coefficient (Wildman–Crippen LogP) is 6.56. The summed E-state index contributed by atoms with van der Waals surface area (Å²) < 4.78 is 25.4. The van der Waals surface area contributed by atoms with Crippen molar-refractivity contribution >= 4 is 35.3 Å². The standard InChI is InChI=1S/C38H61NO8.H2S2/c1-22(40)45-31(35(6,7)43)26-11-9-24-27(46-26)19-25-23-10-12-28-33(2,3)29(13-14-38(28)21-37(23,38)16-15-36(24,25)8)47-30-20-39(17-18-44-30)34(4,5)32(41)42;1-2/h23-31,43H,9-21H2,1-8H3,(H,41,42);1-2H/t23?,24?,25?,26?,27?,28?,29-,30?,31-,36?,37-,38+;/m0./s1. The van der Waals surface area contributed by atoms with E-state index < -0.39 is 29.5 Å². The molecule has 2 saturated heterocycles. The topological polar surface area (TPSA) is 115 Å². The van der Waals surface area contributed by atoms with Crippen LogP contribution in [0.15, 0.2) is 0 Å². The van der Waals surface area contributed by atoms with Gasteiger partial charge in [-0.1, -0.05) is 20.8 Å². The quantitative estimate of drug-likeness (QED) is 0.132. The summed E-state index contributed by atoms with van der Waals surface area (Å²) in [7, 11) is 0. The number of esters is 1. The molecule has 0 amide bonds. The van der Waals surface area contributed by atoms with Gasteiger partial charge >= 0.3 is 11.9 Å². The SMILES string of the molecule is CC(=O)O[C@@H](C1CCC2C(CC3C4CCC5C(C)(C)[C@@H](OC6CN(C(C)(C)C(=O)O)CCO6)CC[C@@]56C[C@@]46CCC23C)O1)C(C)(C)O.SS. The number of thiol groups is 2. The highest BCUT2D eigenvalue weighted by molar-refractivity contribution is 8.59. The summed E-state index contributed by atoms with van der Waals surface area (Å²) in [5, 5.41) is 20.7. The molecule has 9 nitrogen and oxygen atoms in total. The largest absolute Gasteiger partial charge is 0.480 e. The van der Waals surface area contributed by atoms with Gasteiger partial charge in [-0.2, -0.15) is 0 Å². The average molecular weight is 726 g/mol. The van der Waals surface area contributed by atoms with Crippen molar-refractivity contribution in [2.45, 2.75) is 161 Å². The van der Waals surface area contributed by atoms with Gasteiger partial charge in [0, 0.05) is 13.5 Å². The fraction of sp³-hybridized carbons (Fsp3) is 0.947. The number of aliphatic hydroxyl groups is 1. The Labute approximate surface area is 304 Å². The van der Waals surface area contributed by atoms with Crippen LogP contribution in [0.4, 0.5) is 0 Å². The van der Waals surface area contributed by atoms with Crippen LogP contribution in [-0.2, 0) is 28.5 Å². The normalized spacial score (nSPS) is 44.8. The molecule has 7 fully saturated rings. The number of rotatable bonds is 7. The zero-order chi connectivity index (χ0) is 35.9. The van der Waals surface area contributed by atoms with Crippen molar-refractivity contribution in [2.75, 3.05) is 19.7 Å². The Bertz CT molecular complexity index is 1270. The molecule has 280 valence electrons. The molecule has 2 heterocycles. The number of nitrogens with zero attached hydrogens (tertiary/aromatic N) is 1. The van der Waals surface area contributed by atoms with Crippen molar-refractivity contribution in [3.8, 4) is 0 Å². The molecule has 0 aromatic carbocycles. The molecule has 2 aliphatic heterocycles. The Morgan fingerprint density at radius 3 is 2.29 bits per heavy atom. The monoisotopic (exact) mass is 725 g/mol. The van der Waals surface area contributed by atoms with Crippen LogP contribution in [0.5, 0.6) is 0 Å². The second-order valence-corrected chi connectivity index (χ2v) is 18.7. The summed E-state index contributed by atoms with van der Waals surface area (Å²) in [4.78, 5) is 25.9. The first-order valence-corrected chi connectivity index (χ1v) is 20.5. The van der Waals surface area contributed by atoms with Crippen molar-refractivity contribution in [3.63, 3.8) is 0 Å². The van der Waals surface area contributed by atoms with Crippen LogP contribution in [-0.4, -0.2) is 88.6 Å². The minimum Gasteiger partial charge on any atom is -0.480 e. The van der Waals surface area contributed by atoms with Crippen LogP contribution in [0.1, 0.15) is 120 Å². The summed E-state index contributed by atoms with van der Waals surface area (Å²) in [6, 6.07) is 0. The lowest BCUT2D eigenvalue weighted by Crippen LogP contribution is -2.59. The van der Waals surface area contributed by atoms with Crippen molar-refractivity contribution < 1.29 is 38.7 Å². The maximum Gasteiger partial charge on any atom is 0.323 e. The zero-order valence-electron chi connectivity index (χ0n) is 31.1. The molecule has 12 atom stereocenters. The van der Waals surface area contributed by atoms with Gasteiger partial charge in [0.2, 0.25) is 0 Å². The van der Waals surface area contributed by atoms with Crippen LogP contribution in [0.3, 0.4) is 0 Å². The van der Waals surface area contributed by atoms with Crippen LogP contribution in [0.25, 0.3) is 0 Å². The van der Waals surface area contributed by atoms with E-state index in [1.54, 1.807) is 27.7 Å². The molecule has 8 unspecified atom stereocenters. The third-order valence-electron chi connectivity index (χ3n) is 15.5. The molecular formula is C38H63NO8S2. The van der Waals surface area contributed by atoms with Crippen molar-refractivity contribution in [2.24, 2.45) is 45.3 Å². The van der Waals surface area contributed by atoms with Crippen LogP contribution in [0, 0.1) is 45.3 Å². The molecule has 2 spiro atoms. The van der Waals surface area contributed by atoms with Gasteiger partial charge in [-0.05, 0) is 137 Å². The summed E-state index contributed by atoms with van der Waals surface area (Å²) >= 11 is 6.44. The zero-order valence-corrected chi connectivity index (χ0v) is 32.9. The molecule has 49 heavy (non-hydrogen) atoms. The van der Waals surface area contributed by atoms with Crippen molar-refractivity contribution in [1.29, 1.82) is 0 Å². The molecular weight excluding hydrogens is 663 g/mol. The lowest BCUT2D eigenvalue weighted by molar-refractivity contribution is -0.251. The summed E-state index contributed by atoms with van der Waals surface area (Å²) in [6.07, 6.45) is 10.6. The van der Waals surface area contributed by atoms with Gasteiger partial charge in [0.1, 0.15) is 5.54 Å². The fourth-order valence-electron chi connectivity index (χ4n) is 13.1. The number of ether oxygens (including phenoxy) is 4. The molecule has 11 heteroatoms. The van der Waals surface area contributed by atoms with E-state index in [2.05, 4.69) is 44.1 Å². The van der Waals surface area contributed by atoms with E-state index in [1.807, 2.05) is 4.90 Å². The van der Waals surface area contributed by atoms with E-state index in [0.717, 1.165) is 31.6 Å². The number of fused-ring (bicyclic) bond motifs is 4. The molecule has 5 saturated carbocycles. The Hall–Kier alpha value is -0.560. The predicted molar refractivity (Wildman–Crippen MR) is 193 cm³/mol. The smallest absolute Gasteiger partial charge is 0.323 e. The van der Waals surface area contributed by atoms with Gasteiger partial charge in [0.05, 0.1) is 37.1 Å². The number of carbonyl (C=O) groups is 2. The average Bonchev–Trinajstić information content (AvgIpc) is 3.61. The van der Waals surface area contributed by atoms with Gasteiger partial charge < -0.3 is 29.2 Å². The fourth-order valence-corrected chi connectivity index (χ4v) is 13.1. The lowest BCUT2D eigenvalue weighted by Gasteiger charge is -2.60. The summed E-state index contributed by atoms with van der Waals surface area (Å²) in [5.41, 5.74) is -0.999. The molecule has 7 aliphatic rings. The summed E-state index contributed by atoms with van der Waals surface area (Å²) in [6.45, 7) is 17.4. The van der Waals surface area contributed by atoms with Gasteiger partial charge in [0.25, 0.3) is 0 Å². The Morgan fingerprint density at radius 1 is 0.939 bits per heavy atom. The first-order chi connectivity index (χ1) is 22.9. The first kappa shape index (κ1) is 38.2. The second kappa shape index (κ2) is 13.1. The molecule has 0 aromatic rings. The number of hydrogen-bond donors (Lipinski definition) is 4. The van der Waals surface area contributed by atoms with Gasteiger partial charge in [-0.15, -0.1) is 23.3 Å². The highest BCUT2D eigenvalue weighted by atomic mass is 33.1. The van der Waals surface area contributed by atoms with E-state index >= 15 is 0 Å². The number of morpholine rings is 1. The Kier molecular flexibility index (Phi) is 10.2. The highest BCUT2D eigenvalue weighted by Crippen LogP contribution is 2.87. The molecule has 0 bridgehead atoms. The molecule has 0 radical (unpaired) electrons. The Morgan fingerprint density at radius 2 is 1.63 bits per heavy atom. The minimum atomic E-state index is -1.16. The number of carboxylic acids is 1. The number of aliphatic carboxylic acids is 1. The molecule has 7 rings (SSSR count). The van der Waals surface area contributed by atoms with Gasteiger partial charge in [-0.3, -0.25) is 14.5 Å². The first-order valence-electron chi connectivity index (χ1n) is 18.9. The highest BCUT2D eigenvalue weighted by Gasteiger charge is 2.80. The molecule has 2 N–H and O–H groups in total. The maximum atomic E-state index is 12.0.